The lowest BCUT2D eigenvalue weighted by Crippen LogP contribution is -2.22. The molecule has 1 aromatic carbocycles. The molecule has 3 rings (SSSR count). The smallest absolute Gasteiger partial charge is 0.352 e. The second-order valence-corrected chi connectivity index (χ2v) is 6.44. The van der Waals surface area contributed by atoms with Crippen LogP contribution in [0.3, 0.4) is 0 Å². The molecular weight excluding hydrogens is 278 g/mol. The van der Waals surface area contributed by atoms with E-state index in [9.17, 15) is 9.90 Å². The first-order valence-corrected chi connectivity index (χ1v) is 8.01. The summed E-state index contributed by atoms with van der Waals surface area (Å²) < 4.78 is 7.39. The number of hydrogen-bond donors (Lipinski definition) is 1. The molecule has 4 nitrogen and oxygen atoms in total. The van der Waals surface area contributed by atoms with Crippen molar-refractivity contribution < 1.29 is 14.6 Å². The van der Waals surface area contributed by atoms with Crippen LogP contribution in [0.4, 0.5) is 0 Å². The zero-order valence-corrected chi connectivity index (χ0v) is 13.2. The Labute approximate surface area is 130 Å². The first kappa shape index (κ1) is 15.1. The third kappa shape index (κ3) is 2.75. The molecule has 2 heterocycles. The fourth-order valence-corrected chi connectivity index (χ4v) is 3.37. The largest absolute Gasteiger partial charge is 0.477 e. The zero-order valence-electron chi connectivity index (χ0n) is 13.2. The molecule has 0 spiro atoms. The SMILES string of the molecule is CC(C)c1cccc2c1cc(C(=O)O)n2CC1CCOCC1. The molecule has 2 aromatic rings. The molecule has 118 valence electrons. The van der Waals surface area contributed by atoms with E-state index in [1.807, 2.05) is 22.8 Å². The van der Waals surface area contributed by atoms with E-state index < -0.39 is 5.97 Å². The van der Waals surface area contributed by atoms with Crippen LogP contribution in [0.2, 0.25) is 0 Å². The summed E-state index contributed by atoms with van der Waals surface area (Å²) in [5, 5.41) is 10.7. The van der Waals surface area contributed by atoms with E-state index in [2.05, 4.69) is 19.9 Å². The molecular formula is C18H23NO3. The molecule has 22 heavy (non-hydrogen) atoms. The number of hydrogen-bond acceptors (Lipinski definition) is 2. The van der Waals surface area contributed by atoms with Gasteiger partial charge < -0.3 is 14.4 Å². The molecule has 1 saturated heterocycles. The Morgan fingerprint density at radius 1 is 1.36 bits per heavy atom. The number of carboxylic acids is 1. The van der Waals surface area contributed by atoms with Crippen molar-refractivity contribution in [3.05, 3.63) is 35.5 Å². The van der Waals surface area contributed by atoms with Gasteiger partial charge in [0, 0.05) is 30.7 Å². The minimum atomic E-state index is -0.849. The molecule has 0 unspecified atom stereocenters. The Bertz CT molecular complexity index is 681. The summed E-state index contributed by atoms with van der Waals surface area (Å²) in [6.45, 7) is 6.61. The summed E-state index contributed by atoms with van der Waals surface area (Å²) in [5.74, 6) is 0.0207. The van der Waals surface area contributed by atoms with Crippen LogP contribution in [-0.4, -0.2) is 28.9 Å². The van der Waals surface area contributed by atoms with Gasteiger partial charge in [-0.25, -0.2) is 4.79 Å². The van der Waals surface area contributed by atoms with Gasteiger partial charge in [0.1, 0.15) is 5.69 Å². The standard InChI is InChI=1S/C18H23NO3/c1-12(2)14-4-3-5-16-15(14)10-17(18(20)21)19(16)11-13-6-8-22-9-7-13/h3-5,10,12-13H,6-9,11H2,1-2H3,(H,20,21). The normalized spacial score (nSPS) is 16.5. The Morgan fingerprint density at radius 2 is 2.09 bits per heavy atom. The number of nitrogens with zero attached hydrogens (tertiary/aromatic N) is 1. The first-order chi connectivity index (χ1) is 10.6. The fourth-order valence-electron chi connectivity index (χ4n) is 3.37. The Balaban J connectivity index is 2.07. The Morgan fingerprint density at radius 3 is 2.73 bits per heavy atom. The quantitative estimate of drug-likeness (QED) is 0.932. The van der Waals surface area contributed by atoms with E-state index in [0.29, 0.717) is 17.5 Å². The number of benzene rings is 1. The highest BCUT2D eigenvalue weighted by atomic mass is 16.5. The summed E-state index contributed by atoms with van der Waals surface area (Å²) in [4.78, 5) is 11.7. The second kappa shape index (κ2) is 6.13. The van der Waals surface area contributed by atoms with Crippen LogP contribution < -0.4 is 0 Å². The third-order valence-corrected chi connectivity index (χ3v) is 4.60. The average Bonchev–Trinajstić information content (AvgIpc) is 2.87. The predicted molar refractivity (Wildman–Crippen MR) is 86.5 cm³/mol. The molecule has 0 atom stereocenters. The third-order valence-electron chi connectivity index (χ3n) is 4.60. The second-order valence-electron chi connectivity index (χ2n) is 6.44. The summed E-state index contributed by atoms with van der Waals surface area (Å²) in [7, 11) is 0. The summed E-state index contributed by atoms with van der Waals surface area (Å²) >= 11 is 0. The topological polar surface area (TPSA) is 51.5 Å². The highest BCUT2D eigenvalue weighted by Gasteiger charge is 2.21. The van der Waals surface area contributed by atoms with Crippen molar-refractivity contribution in [1.82, 2.24) is 4.57 Å². The van der Waals surface area contributed by atoms with Crippen LogP contribution in [0.15, 0.2) is 24.3 Å². The van der Waals surface area contributed by atoms with E-state index in [-0.39, 0.29) is 0 Å². The van der Waals surface area contributed by atoms with Gasteiger partial charge >= 0.3 is 5.97 Å². The summed E-state index contributed by atoms with van der Waals surface area (Å²) in [6, 6.07) is 8.00. The van der Waals surface area contributed by atoms with Crippen molar-refractivity contribution in [3.8, 4) is 0 Å². The maximum absolute atomic E-state index is 11.7. The van der Waals surface area contributed by atoms with Gasteiger partial charge in [0.25, 0.3) is 0 Å². The molecule has 1 aromatic heterocycles. The zero-order chi connectivity index (χ0) is 15.7. The molecule has 0 saturated carbocycles. The van der Waals surface area contributed by atoms with Crippen LogP contribution in [0.1, 0.15) is 48.7 Å². The van der Waals surface area contributed by atoms with Gasteiger partial charge in [-0.05, 0) is 42.4 Å². The van der Waals surface area contributed by atoms with E-state index >= 15 is 0 Å². The van der Waals surface area contributed by atoms with Crippen LogP contribution in [0.25, 0.3) is 10.9 Å². The van der Waals surface area contributed by atoms with Gasteiger partial charge in [-0.15, -0.1) is 0 Å². The summed E-state index contributed by atoms with van der Waals surface area (Å²) in [6.07, 6.45) is 2.01. The fraction of sp³-hybridized carbons (Fsp3) is 0.500. The van der Waals surface area contributed by atoms with Crippen LogP contribution in [-0.2, 0) is 11.3 Å². The Hall–Kier alpha value is -1.81. The van der Waals surface area contributed by atoms with Gasteiger partial charge in [-0.3, -0.25) is 0 Å². The number of aromatic nitrogens is 1. The van der Waals surface area contributed by atoms with E-state index in [1.54, 1.807) is 0 Å². The van der Waals surface area contributed by atoms with Gasteiger partial charge in [0.2, 0.25) is 0 Å². The van der Waals surface area contributed by atoms with Crippen molar-refractivity contribution in [2.24, 2.45) is 5.92 Å². The molecule has 0 amide bonds. The molecule has 1 aliphatic heterocycles. The number of aromatic carboxylic acids is 1. The van der Waals surface area contributed by atoms with Crippen LogP contribution >= 0.6 is 0 Å². The molecule has 1 fully saturated rings. The maximum Gasteiger partial charge on any atom is 0.352 e. The minimum Gasteiger partial charge on any atom is -0.477 e. The average molecular weight is 301 g/mol. The number of carboxylic acid groups (broad SMARTS) is 1. The molecule has 4 heteroatoms. The van der Waals surface area contributed by atoms with Crippen molar-refractivity contribution in [2.45, 2.75) is 39.2 Å². The predicted octanol–water partition coefficient (Wildman–Crippen LogP) is 3.89. The summed E-state index contributed by atoms with van der Waals surface area (Å²) in [5.41, 5.74) is 2.65. The van der Waals surface area contributed by atoms with Gasteiger partial charge in [0.05, 0.1) is 0 Å². The van der Waals surface area contributed by atoms with Crippen molar-refractivity contribution in [3.63, 3.8) is 0 Å². The van der Waals surface area contributed by atoms with Crippen LogP contribution in [0, 0.1) is 5.92 Å². The van der Waals surface area contributed by atoms with Crippen molar-refractivity contribution in [1.29, 1.82) is 0 Å². The number of fused-ring (bicyclic) bond motifs is 1. The molecule has 1 N–H and O–H groups in total. The number of ether oxygens (including phenoxy) is 1. The van der Waals surface area contributed by atoms with Gasteiger partial charge in [-0.1, -0.05) is 26.0 Å². The number of carbonyl (C=O) groups is 1. The molecule has 0 aliphatic carbocycles. The lowest BCUT2D eigenvalue weighted by molar-refractivity contribution is 0.0597. The van der Waals surface area contributed by atoms with E-state index in [1.165, 1.54) is 5.56 Å². The molecule has 0 bridgehead atoms. The monoisotopic (exact) mass is 301 g/mol. The lowest BCUT2D eigenvalue weighted by Gasteiger charge is -2.23. The van der Waals surface area contributed by atoms with E-state index in [0.717, 1.165) is 43.5 Å². The van der Waals surface area contributed by atoms with E-state index in [4.69, 9.17) is 4.74 Å². The number of rotatable bonds is 4. The maximum atomic E-state index is 11.7. The minimum absolute atomic E-state index is 0.379. The van der Waals surface area contributed by atoms with Crippen molar-refractivity contribution >= 4 is 16.9 Å². The first-order valence-electron chi connectivity index (χ1n) is 8.01. The molecule has 0 radical (unpaired) electrons. The molecule has 1 aliphatic rings. The highest BCUT2D eigenvalue weighted by molar-refractivity contribution is 5.96. The van der Waals surface area contributed by atoms with Gasteiger partial charge in [-0.2, -0.15) is 0 Å². The van der Waals surface area contributed by atoms with Crippen LogP contribution in [0.5, 0.6) is 0 Å². The van der Waals surface area contributed by atoms with Gasteiger partial charge in [0.15, 0.2) is 0 Å². The van der Waals surface area contributed by atoms with Crippen molar-refractivity contribution in [2.75, 3.05) is 13.2 Å². The Kier molecular flexibility index (Phi) is 4.21. The lowest BCUT2D eigenvalue weighted by atomic mass is 9.99. The highest BCUT2D eigenvalue weighted by Crippen LogP contribution is 2.30.